The number of carbonyl (C=O) groups excluding carboxylic acids is 1. The molecule has 0 saturated heterocycles. The fourth-order valence-corrected chi connectivity index (χ4v) is 3.37. The Balaban J connectivity index is 1.72. The highest BCUT2D eigenvalue weighted by molar-refractivity contribution is 8.00. The van der Waals surface area contributed by atoms with Crippen molar-refractivity contribution < 1.29 is 14.3 Å². The molecule has 3 aromatic rings. The molecule has 0 spiro atoms. The lowest BCUT2D eigenvalue weighted by Gasteiger charge is -2.13. The van der Waals surface area contributed by atoms with Crippen molar-refractivity contribution >= 4 is 46.0 Å². The van der Waals surface area contributed by atoms with E-state index in [0.717, 1.165) is 16.8 Å². The van der Waals surface area contributed by atoms with Gasteiger partial charge in [0, 0.05) is 11.1 Å². The molecule has 1 aromatic heterocycles. The molecular formula is C18H18ClN3O3S. The van der Waals surface area contributed by atoms with Gasteiger partial charge in [0.2, 0.25) is 5.91 Å². The lowest BCUT2D eigenvalue weighted by Crippen LogP contribution is -2.22. The monoisotopic (exact) mass is 391 g/mol. The number of carbonyl (C=O) groups is 1. The Morgan fingerprint density at radius 1 is 1.23 bits per heavy atom. The van der Waals surface area contributed by atoms with Gasteiger partial charge in [-0.25, -0.2) is 4.98 Å². The molecule has 0 aliphatic heterocycles. The fourth-order valence-electron chi connectivity index (χ4n) is 2.38. The van der Waals surface area contributed by atoms with Crippen LogP contribution in [0.3, 0.4) is 0 Å². The minimum Gasteiger partial charge on any atom is -0.497 e. The molecular weight excluding hydrogens is 374 g/mol. The molecule has 0 saturated carbocycles. The SMILES string of the molecule is COc1ccc2nc(S[C@@H](C)C(=O)Nc3cc(Cl)ccc3OC)[nH]c2c1. The van der Waals surface area contributed by atoms with Crippen LogP contribution in [-0.2, 0) is 4.79 Å². The molecule has 0 bridgehead atoms. The van der Waals surface area contributed by atoms with Crippen LogP contribution in [-0.4, -0.2) is 35.3 Å². The first-order valence-electron chi connectivity index (χ1n) is 7.85. The summed E-state index contributed by atoms with van der Waals surface area (Å²) < 4.78 is 10.5. The summed E-state index contributed by atoms with van der Waals surface area (Å²) in [5, 5.41) is 3.65. The summed E-state index contributed by atoms with van der Waals surface area (Å²) in [4.78, 5) is 20.2. The summed E-state index contributed by atoms with van der Waals surface area (Å²) >= 11 is 7.33. The molecule has 1 atom stereocenters. The topological polar surface area (TPSA) is 76.2 Å². The maximum atomic E-state index is 12.5. The number of ether oxygens (including phenoxy) is 2. The third-order valence-electron chi connectivity index (χ3n) is 3.74. The molecule has 1 heterocycles. The molecule has 6 nitrogen and oxygen atoms in total. The number of hydrogen-bond donors (Lipinski definition) is 2. The molecule has 2 aromatic carbocycles. The zero-order chi connectivity index (χ0) is 18.7. The van der Waals surface area contributed by atoms with Crippen molar-refractivity contribution in [1.29, 1.82) is 0 Å². The summed E-state index contributed by atoms with van der Waals surface area (Å²) in [6.45, 7) is 1.81. The number of methoxy groups -OCH3 is 2. The molecule has 0 fully saturated rings. The summed E-state index contributed by atoms with van der Waals surface area (Å²) in [5.41, 5.74) is 2.21. The number of aromatic amines is 1. The van der Waals surface area contributed by atoms with Crippen molar-refractivity contribution in [3.63, 3.8) is 0 Å². The molecule has 8 heteroatoms. The molecule has 0 unspecified atom stereocenters. The van der Waals surface area contributed by atoms with Gasteiger partial charge in [0.05, 0.1) is 36.2 Å². The Morgan fingerprint density at radius 2 is 2.04 bits per heavy atom. The second kappa shape index (κ2) is 7.88. The quantitative estimate of drug-likeness (QED) is 0.611. The summed E-state index contributed by atoms with van der Waals surface area (Å²) in [5.74, 6) is 1.13. The van der Waals surface area contributed by atoms with Gasteiger partial charge in [-0.15, -0.1) is 0 Å². The number of anilines is 1. The van der Waals surface area contributed by atoms with Crippen LogP contribution in [0.1, 0.15) is 6.92 Å². The van der Waals surface area contributed by atoms with Gasteiger partial charge < -0.3 is 19.8 Å². The zero-order valence-corrected chi connectivity index (χ0v) is 16.1. The molecule has 2 N–H and O–H groups in total. The van der Waals surface area contributed by atoms with Gasteiger partial charge in [-0.1, -0.05) is 23.4 Å². The minimum atomic E-state index is -0.374. The number of aromatic nitrogens is 2. The smallest absolute Gasteiger partial charge is 0.237 e. The van der Waals surface area contributed by atoms with Gasteiger partial charge in [0.1, 0.15) is 11.5 Å². The van der Waals surface area contributed by atoms with E-state index < -0.39 is 0 Å². The van der Waals surface area contributed by atoms with E-state index >= 15 is 0 Å². The predicted octanol–water partition coefficient (Wildman–Crippen LogP) is 4.35. The highest BCUT2D eigenvalue weighted by Crippen LogP contribution is 2.30. The van der Waals surface area contributed by atoms with E-state index in [1.807, 2.05) is 25.1 Å². The number of nitrogens with one attached hydrogen (secondary N) is 2. The van der Waals surface area contributed by atoms with Crippen LogP contribution in [0, 0.1) is 0 Å². The van der Waals surface area contributed by atoms with E-state index in [0.29, 0.717) is 21.6 Å². The van der Waals surface area contributed by atoms with E-state index in [1.54, 1.807) is 32.4 Å². The van der Waals surface area contributed by atoms with Crippen LogP contribution in [0.15, 0.2) is 41.6 Å². The van der Waals surface area contributed by atoms with Crippen LogP contribution in [0.25, 0.3) is 11.0 Å². The first kappa shape index (κ1) is 18.4. The van der Waals surface area contributed by atoms with E-state index in [4.69, 9.17) is 21.1 Å². The third kappa shape index (κ3) is 4.05. The first-order chi connectivity index (χ1) is 12.5. The number of amides is 1. The Morgan fingerprint density at radius 3 is 2.77 bits per heavy atom. The second-order valence-electron chi connectivity index (χ2n) is 5.52. The number of rotatable bonds is 6. The van der Waals surface area contributed by atoms with Crippen LogP contribution in [0.2, 0.25) is 5.02 Å². The standard InChI is InChI=1S/C18H18ClN3O3S/c1-10(17(23)20-15-8-11(19)4-7-16(15)25-3)26-18-21-13-6-5-12(24-2)9-14(13)22-18/h4-10H,1-3H3,(H,20,23)(H,21,22)/t10-/m0/s1. The lowest BCUT2D eigenvalue weighted by molar-refractivity contribution is -0.115. The predicted molar refractivity (Wildman–Crippen MR) is 105 cm³/mol. The van der Waals surface area contributed by atoms with Crippen molar-refractivity contribution in [3.8, 4) is 11.5 Å². The summed E-state index contributed by atoms with van der Waals surface area (Å²) in [6.07, 6.45) is 0. The molecule has 0 aliphatic carbocycles. The largest absolute Gasteiger partial charge is 0.497 e. The highest BCUT2D eigenvalue weighted by atomic mass is 35.5. The number of H-pyrrole nitrogens is 1. The lowest BCUT2D eigenvalue weighted by atomic mass is 10.3. The van der Waals surface area contributed by atoms with Gasteiger partial charge >= 0.3 is 0 Å². The minimum absolute atomic E-state index is 0.173. The van der Waals surface area contributed by atoms with E-state index in [9.17, 15) is 4.79 Å². The number of imidazole rings is 1. The number of hydrogen-bond acceptors (Lipinski definition) is 5. The average molecular weight is 392 g/mol. The van der Waals surface area contributed by atoms with E-state index in [1.165, 1.54) is 11.8 Å². The molecule has 3 rings (SSSR count). The second-order valence-corrected chi connectivity index (χ2v) is 7.28. The van der Waals surface area contributed by atoms with Crippen LogP contribution in [0.5, 0.6) is 11.5 Å². The van der Waals surface area contributed by atoms with Gasteiger partial charge in [-0.3, -0.25) is 4.79 Å². The number of halogens is 1. The maximum absolute atomic E-state index is 12.5. The molecule has 0 aliphatic rings. The number of fused-ring (bicyclic) bond motifs is 1. The van der Waals surface area contributed by atoms with Gasteiger partial charge in [0.15, 0.2) is 5.16 Å². The number of nitrogens with zero attached hydrogens (tertiary/aromatic N) is 1. The van der Waals surface area contributed by atoms with Crippen molar-refractivity contribution in [2.24, 2.45) is 0 Å². The third-order valence-corrected chi connectivity index (χ3v) is 4.96. The molecule has 136 valence electrons. The maximum Gasteiger partial charge on any atom is 0.237 e. The molecule has 1 amide bonds. The number of benzene rings is 2. The van der Waals surface area contributed by atoms with Gasteiger partial charge in [-0.2, -0.15) is 0 Å². The van der Waals surface area contributed by atoms with Crippen molar-refractivity contribution in [2.75, 3.05) is 19.5 Å². The zero-order valence-electron chi connectivity index (χ0n) is 14.5. The Bertz CT molecular complexity index is 945. The van der Waals surface area contributed by atoms with E-state index in [-0.39, 0.29) is 11.2 Å². The van der Waals surface area contributed by atoms with Crippen molar-refractivity contribution in [2.45, 2.75) is 17.3 Å². The molecule has 26 heavy (non-hydrogen) atoms. The van der Waals surface area contributed by atoms with Crippen LogP contribution in [0.4, 0.5) is 5.69 Å². The first-order valence-corrected chi connectivity index (χ1v) is 9.10. The molecule has 0 radical (unpaired) electrons. The van der Waals surface area contributed by atoms with Crippen LogP contribution < -0.4 is 14.8 Å². The van der Waals surface area contributed by atoms with E-state index in [2.05, 4.69) is 15.3 Å². The highest BCUT2D eigenvalue weighted by Gasteiger charge is 2.18. The van der Waals surface area contributed by atoms with Gasteiger partial charge in [0.25, 0.3) is 0 Å². The van der Waals surface area contributed by atoms with Crippen LogP contribution >= 0.6 is 23.4 Å². The Hall–Kier alpha value is -2.38. The Kier molecular flexibility index (Phi) is 5.58. The van der Waals surface area contributed by atoms with Crippen molar-refractivity contribution in [1.82, 2.24) is 9.97 Å². The van der Waals surface area contributed by atoms with Crippen molar-refractivity contribution in [3.05, 3.63) is 41.4 Å². The average Bonchev–Trinajstić information content (AvgIpc) is 3.03. The fraction of sp³-hybridized carbons (Fsp3) is 0.222. The summed E-state index contributed by atoms with van der Waals surface area (Å²) in [7, 11) is 3.16. The summed E-state index contributed by atoms with van der Waals surface area (Å²) in [6, 6.07) is 10.7. The normalized spacial score (nSPS) is 12.0. The van der Waals surface area contributed by atoms with Gasteiger partial charge in [-0.05, 0) is 37.3 Å². The number of thioether (sulfide) groups is 1. The Labute approximate surface area is 160 Å².